The minimum Gasteiger partial charge on any atom is -0.657 e. The standard InChI is InChI=1S/C36H44N4.C36H48N2O2.C17H8F2.C15H10N.C11H7FN.C8H10O3.3Ir.2Pt/c1-9-21-22(10-2)30-18-32-25(13-5)26(14-6)34(39-32)20-36-28(16-8)27(15-7)35(40-36)19-33-24(12-4)23(11-3)31(38-33)17-29(21)37-30;1-33(2,3)25-17-23(31(39)27(19-25)35(7,8)9)21-37-29-15-13-14-16-30(29)38-22-24-18-26(34(4,5)6)20-28(32(24)40)36(10,11)12;18-17(19)14-9-2-1-7-12(14)13-8-3-5-11-6-4-10-15(17)16(11)13;1-2-7-13(8-3-1)15-14-9-5-4-6-12(14)10-11-16-15;12-10-6-4-9(5-7-10)11-3-1-2-8-13-11;1-5(9)8-6(10)3-2-4-7(8)11;;;;;/h17-20H,9-16H2,1-8H3;13-22,39-40H,1-12H3;1-6,9-10H;1-7,9-11H;1-4,6-8H;10H,2-4H2,1H3;;;;;/q-2;;-2;2*-1;;;;;;+2. The fraction of sp³-hybridized carbons (Fsp3) is 0.301. The van der Waals surface area contributed by atoms with E-state index in [1.54, 1.807) is 49.0 Å². The Labute approximate surface area is 917 Å². The number of aliphatic imine (C=N–C) groups is 2. The first-order valence-corrected chi connectivity index (χ1v) is 48.5. The maximum Gasteiger partial charge on any atom is 2.00 e. The molecule has 4 aliphatic rings. The Bertz CT molecular complexity index is 6900. The number of aliphatic hydroxyl groups is 1. The Morgan fingerprint density at radius 1 is 0.451 bits per heavy atom. The number of benzene rings is 9. The molecule has 0 saturated heterocycles. The Morgan fingerprint density at radius 3 is 1.33 bits per heavy atom. The number of aromatic nitrogens is 6. The van der Waals surface area contributed by atoms with Crippen LogP contribution in [0, 0.1) is 30.1 Å². The summed E-state index contributed by atoms with van der Waals surface area (Å²) in [6.45, 7) is 44.9. The number of carbonyl (C=O) groups is 2. The van der Waals surface area contributed by atoms with E-state index in [-0.39, 0.29) is 175 Å². The van der Waals surface area contributed by atoms with E-state index in [2.05, 4.69) is 221 Å². The predicted molar refractivity (Wildman–Crippen MR) is 567 cm³/mol. The third kappa shape index (κ3) is 27.2. The molecule has 8 bridgehead atoms. The van der Waals surface area contributed by atoms with E-state index in [0.29, 0.717) is 52.7 Å². The van der Waals surface area contributed by atoms with E-state index in [1.165, 1.54) is 86.5 Å². The first-order valence-electron chi connectivity index (χ1n) is 48.5. The fourth-order valence-electron chi connectivity index (χ4n) is 18.4. The number of phenolic OH excluding ortho intramolecular Hbond substituents is 2. The number of halogens is 3. The molecule has 0 atom stereocenters. The van der Waals surface area contributed by atoms with Crippen LogP contribution in [0.5, 0.6) is 11.5 Å². The Hall–Kier alpha value is -10.7. The van der Waals surface area contributed by atoms with Gasteiger partial charge in [0, 0.05) is 147 Å². The molecule has 0 spiro atoms. The number of ketones is 2. The van der Waals surface area contributed by atoms with E-state index >= 15 is 0 Å². The number of aliphatic hydroxyl groups excluding tert-OH is 1. The van der Waals surface area contributed by atoms with Crippen LogP contribution in [0.2, 0.25) is 0 Å². The summed E-state index contributed by atoms with van der Waals surface area (Å²) in [6.07, 6.45) is 16.1. The maximum absolute atomic E-state index is 14.6. The summed E-state index contributed by atoms with van der Waals surface area (Å²) < 4.78 is 41.8. The number of pyridine rings is 2. The van der Waals surface area contributed by atoms with Crippen LogP contribution in [0.25, 0.3) is 99.5 Å². The van der Waals surface area contributed by atoms with Gasteiger partial charge in [-0.25, -0.2) is 29.9 Å². The van der Waals surface area contributed by atoms with Gasteiger partial charge in [-0.1, -0.05) is 269 Å². The number of alkyl halides is 2. The summed E-state index contributed by atoms with van der Waals surface area (Å²) in [5.74, 6) is -3.33. The van der Waals surface area contributed by atoms with Crippen molar-refractivity contribution in [3.05, 3.63) is 356 Å². The largest absolute Gasteiger partial charge is 2.00 e. The van der Waals surface area contributed by atoms with E-state index in [9.17, 15) is 33.0 Å². The molecule has 0 saturated carbocycles. The van der Waals surface area contributed by atoms with Crippen molar-refractivity contribution in [1.82, 2.24) is 29.9 Å². The van der Waals surface area contributed by atoms with E-state index in [0.717, 1.165) is 152 Å². The number of rotatable bonds is 15. The number of phenols is 2. The molecule has 2 aliphatic heterocycles. The van der Waals surface area contributed by atoms with Gasteiger partial charge in [0.05, 0.1) is 39.7 Å². The zero-order valence-electron chi connectivity index (χ0n) is 85.8. The van der Waals surface area contributed by atoms with E-state index < -0.39 is 5.92 Å². The number of nitrogens with zero attached hydrogens (tertiary/aromatic N) is 8. The van der Waals surface area contributed by atoms with Gasteiger partial charge < -0.3 is 35.3 Å². The second kappa shape index (κ2) is 51.6. The van der Waals surface area contributed by atoms with Crippen molar-refractivity contribution in [3.63, 3.8) is 0 Å². The van der Waals surface area contributed by atoms with E-state index in [4.69, 9.17) is 35.0 Å². The number of Topliss-reactive ketones (excluding diaryl/α,β-unsaturated/α-hetero) is 2. The van der Waals surface area contributed by atoms with Gasteiger partial charge in [0.2, 0.25) is 0 Å². The minimum atomic E-state index is -2.98. The third-order valence-corrected chi connectivity index (χ3v) is 25.7. The predicted octanol–water partition coefficient (Wildman–Crippen LogP) is 31.2. The fourth-order valence-corrected chi connectivity index (χ4v) is 18.4. The number of allylic oxidation sites excluding steroid dienone is 6. The second-order valence-corrected chi connectivity index (χ2v) is 39.3. The number of aryl methyl sites for hydroxylation is 4. The molecule has 2 aliphatic carbocycles. The first kappa shape index (κ1) is 119. The van der Waals surface area contributed by atoms with Crippen molar-refractivity contribution in [3.8, 4) is 45.1 Å². The molecule has 0 unspecified atom stereocenters. The van der Waals surface area contributed by atoms with Gasteiger partial charge in [-0.3, -0.25) is 24.0 Å². The van der Waals surface area contributed by atoms with Crippen molar-refractivity contribution >= 4 is 101 Å². The SMILES string of the molecule is CC(=O)C1=C(O)CCCC1=O.CC(C)(C)c1cc(C=Nc2ccccc2N=Cc2cc(C(C)(C)C)cc(C(C)(C)C)c2O)c(O)c(C(C)(C)C)c1.CCC1=C(CC)c2cc3[n-]c(cc4nc(cc5[n-]c(cc1n2)c(CC)c5CC)C(CC)=C4CC)c(CC)c3CC.FC1(F)c2ccc[c-]c2-c2[c-]ccc3cccc1c23.Fc1c[c-]c(-c2ccccn2)cc1.[Ir].[Ir].[Ir].[Pt+2].[Pt].[c-]1ccccc1-c1nccc2ccccc12. The third-order valence-electron chi connectivity index (χ3n) is 25.7. The molecule has 3 radical (unpaired) electrons. The molecule has 14 aromatic rings. The topological polar surface area (TPSA) is 199 Å². The summed E-state index contributed by atoms with van der Waals surface area (Å²) in [7, 11) is 0. The van der Waals surface area contributed by atoms with Crippen molar-refractivity contribution in [2.45, 2.75) is 244 Å². The second-order valence-electron chi connectivity index (χ2n) is 39.3. The molecule has 0 amide bonds. The molecule has 21 heteroatoms. The van der Waals surface area contributed by atoms with Crippen molar-refractivity contribution in [2.75, 3.05) is 0 Å². The van der Waals surface area contributed by atoms with Crippen molar-refractivity contribution in [1.29, 1.82) is 0 Å². The zero-order chi connectivity index (χ0) is 100. The summed E-state index contributed by atoms with van der Waals surface area (Å²) in [5, 5.41) is 35.3. The molecule has 9 aromatic carbocycles. The Morgan fingerprint density at radius 2 is 0.910 bits per heavy atom. The molecule has 5 aromatic heterocycles. The van der Waals surface area contributed by atoms with E-state index in [1.807, 2.05) is 115 Å². The summed E-state index contributed by atoms with van der Waals surface area (Å²) >= 11 is 0. The van der Waals surface area contributed by atoms with Gasteiger partial charge in [0.15, 0.2) is 11.6 Å². The van der Waals surface area contributed by atoms with Crippen molar-refractivity contribution < 1.29 is 141 Å². The van der Waals surface area contributed by atoms with Gasteiger partial charge in [-0.05, 0) is 184 Å². The Balaban J connectivity index is 0.000000224. The summed E-state index contributed by atoms with van der Waals surface area (Å²) in [5.41, 5.74) is 30.3. The number of fused-ring (bicyclic) bond motifs is 11. The Kier molecular flexibility index (Phi) is 42.5. The molecule has 144 heavy (non-hydrogen) atoms. The van der Waals surface area contributed by atoms with Crippen LogP contribution < -0.4 is 9.97 Å². The normalized spacial score (nSPS) is 13.0. The van der Waals surface area contributed by atoms with Crippen LogP contribution in [-0.2, 0) is 165 Å². The van der Waals surface area contributed by atoms with Gasteiger partial charge in [-0.2, -0.15) is 24.3 Å². The molecular formula is C123H127F3Ir3N8O5Pt2-4. The number of aromatic hydroxyl groups is 2. The van der Waals surface area contributed by atoms with Gasteiger partial charge in [-0.15, -0.1) is 117 Å². The van der Waals surface area contributed by atoms with Crippen LogP contribution in [0.1, 0.15) is 280 Å². The summed E-state index contributed by atoms with van der Waals surface area (Å²) in [4.78, 5) is 60.9. The number of carbonyl (C=O) groups excluding carboxylic acids is 2. The number of hydrogen-bond acceptors (Lipinski definition) is 11. The van der Waals surface area contributed by atoms with Crippen LogP contribution >= 0.6 is 0 Å². The van der Waals surface area contributed by atoms with Crippen LogP contribution in [0.15, 0.2) is 246 Å². The molecule has 3 N–H and O–H groups in total. The van der Waals surface area contributed by atoms with Crippen LogP contribution in [-0.4, -0.2) is 59.3 Å². The van der Waals surface area contributed by atoms with Crippen LogP contribution in [0.4, 0.5) is 24.5 Å². The zero-order valence-corrected chi connectivity index (χ0v) is 97.5. The van der Waals surface area contributed by atoms with Crippen LogP contribution in [0.3, 0.4) is 0 Å². The quantitative estimate of drug-likeness (QED) is 0.0501. The molecule has 761 valence electrons. The van der Waals surface area contributed by atoms with Gasteiger partial charge in [0.25, 0.3) is 5.92 Å². The number of hydrogen-bond donors (Lipinski definition) is 3. The van der Waals surface area contributed by atoms with Gasteiger partial charge in [0.1, 0.15) is 17.3 Å². The molecule has 7 heterocycles. The monoisotopic (exact) mass is 2820 g/mol. The molecular weight excluding hydrogens is 2690 g/mol. The molecule has 13 nitrogen and oxygen atoms in total. The summed E-state index contributed by atoms with van der Waals surface area (Å²) in [6, 6.07) is 78.5. The first-order chi connectivity index (χ1) is 66.3. The average molecular weight is 2820 g/mol. The molecule has 18 rings (SSSR count). The smallest absolute Gasteiger partial charge is 0.657 e. The average Bonchev–Trinajstić information content (AvgIpc) is 0.960. The van der Waals surface area contributed by atoms with Gasteiger partial charge >= 0.3 is 21.1 Å². The number of para-hydroxylation sites is 2. The van der Waals surface area contributed by atoms with Crippen molar-refractivity contribution in [2.24, 2.45) is 9.98 Å². The maximum atomic E-state index is 14.6. The molecule has 0 fully saturated rings. The minimum absolute atomic E-state index is 0.